The van der Waals surface area contributed by atoms with Crippen molar-refractivity contribution in [3.63, 3.8) is 0 Å². The summed E-state index contributed by atoms with van der Waals surface area (Å²) in [6, 6.07) is 1.89. The van der Waals surface area contributed by atoms with Crippen LogP contribution in [0, 0.1) is 12.8 Å². The molecule has 1 saturated heterocycles. The number of hydrogen-bond donors (Lipinski definition) is 1. The van der Waals surface area contributed by atoms with E-state index in [0.29, 0.717) is 12.3 Å². The van der Waals surface area contributed by atoms with Gasteiger partial charge in [-0.1, -0.05) is 5.16 Å². The van der Waals surface area contributed by atoms with Gasteiger partial charge in [-0.15, -0.1) is 0 Å². The third kappa shape index (κ3) is 2.10. The van der Waals surface area contributed by atoms with Crippen LogP contribution in [0.25, 0.3) is 11.3 Å². The first-order valence-corrected chi connectivity index (χ1v) is 7.95. The molecule has 2 fully saturated rings. The second kappa shape index (κ2) is 4.92. The van der Waals surface area contributed by atoms with Crippen LogP contribution in [0.5, 0.6) is 0 Å². The first-order chi connectivity index (χ1) is 11.0. The maximum atomic E-state index is 11.7. The molecule has 1 aliphatic carbocycles. The first kappa shape index (κ1) is 14.4. The molecule has 2 aromatic heterocycles. The minimum Gasteiger partial charge on any atom is -0.480 e. The molecule has 0 aromatic carbocycles. The SMILES string of the molecule is Cc1c(-c2cc(CN3CCC[C@@H]4C[C@@]43C(=O)O)on2)cnn1C. The quantitative estimate of drug-likeness (QED) is 0.926. The van der Waals surface area contributed by atoms with Crippen LogP contribution in [0.3, 0.4) is 0 Å². The monoisotopic (exact) mass is 316 g/mol. The largest absolute Gasteiger partial charge is 0.480 e. The highest BCUT2D eigenvalue weighted by molar-refractivity contribution is 5.83. The van der Waals surface area contributed by atoms with Crippen LogP contribution in [-0.2, 0) is 18.4 Å². The molecule has 122 valence electrons. The van der Waals surface area contributed by atoms with E-state index in [9.17, 15) is 9.90 Å². The van der Waals surface area contributed by atoms with Crippen molar-refractivity contribution < 1.29 is 14.4 Å². The lowest BCUT2D eigenvalue weighted by atomic mass is 10.0. The van der Waals surface area contributed by atoms with Crippen molar-refractivity contribution in [2.75, 3.05) is 6.54 Å². The number of likely N-dealkylation sites (tertiary alicyclic amines) is 1. The molecule has 0 radical (unpaired) electrons. The molecule has 2 atom stereocenters. The smallest absolute Gasteiger partial charge is 0.324 e. The molecule has 1 saturated carbocycles. The molecule has 0 unspecified atom stereocenters. The second-order valence-electron chi connectivity index (χ2n) is 6.64. The highest BCUT2D eigenvalue weighted by Crippen LogP contribution is 2.54. The van der Waals surface area contributed by atoms with Crippen LogP contribution in [0.1, 0.15) is 30.7 Å². The zero-order valence-electron chi connectivity index (χ0n) is 13.3. The summed E-state index contributed by atoms with van der Waals surface area (Å²) in [6.45, 7) is 3.27. The average molecular weight is 316 g/mol. The van der Waals surface area contributed by atoms with Gasteiger partial charge in [0.2, 0.25) is 0 Å². The van der Waals surface area contributed by atoms with Crippen LogP contribution < -0.4 is 0 Å². The van der Waals surface area contributed by atoms with Gasteiger partial charge in [0.25, 0.3) is 0 Å². The van der Waals surface area contributed by atoms with Gasteiger partial charge in [0.05, 0.1) is 12.7 Å². The topological polar surface area (TPSA) is 84.4 Å². The minimum atomic E-state index is -0.704. The zero-order valence-corrected chi connectivity index (χ0v) is 13.3. The molecule has 2 aromatic rings. The van der Waals surface area contributed by atoms with Crippen LogP contribution in [0.15, 0.2) is 16.8 Å². The fraction of sp³-hybridized carbons (Fsp3) is 0.562. The van der Waals surface area contributed by atoms with E-state index in [-0.39, 0.29) is 5.92 Å². The molecule has 0 bridgehead atoms. The Balaban J connectivity index is 1.56. The summed E-state index contributed by atoms with van der Waals surface area (Å²) < 4.78 is 7.25. The normalized spacial score (nSPS) is 27.0. The number of fused-ring (bicyclic) bond motifs is 1. The van der Waals surface area contributed by atoms with Crippen LogP contribution in [-0.4, -0.2) is 43.0 Å². The van der Waals surface area contributed by atoms with Gasteiger partial charge in [-0.2, -0.15) is 5.10 Å². The van der Waals surface area contributed by atoms with Crippen molar-refractivity contribution >= 4 is 5.97 Å². The lowest BCUT2D eigenvalue weighted by molar-refractivity contribution is -0.147. The highest BCUT2D eigenvalue weighted by atomic mass is 16.5. The Bertz CT molecular complexity index is 765. The highest BCUT2D eigenvalue weighted by Gasteiger charge is 2.65. The summed E-state index contributed by atoms with van der Waals surface area (Å²) in [6.07, 6.45) is 4.58. The molecule has 3 heterocycles. The molecule has 7 nitrogen and oxygen atoms in total. The van der Waals surface area contributed by atoms with Gasteiger partial charge < -0.3 is 9.63 Å². The number of aromatic nitrogens is 3. The number of carbonyl (C=O) groups is 1. The summed E-state index contributed by atoms with van der Waals surface area (Å²) >= 11 is 0. The molecule has 7 heteroatoms. The van der Waals surface area contributed by atoms with Gasteiger partial charge >= 0.3 is 5.97 Å². The predicted molar refractivity (Wildman–Crippen MR) is 81.6 cm³/mol. The summed E-state index contributed by atoms with van der Waals surface area (Å²) in [5, 5.41) is 18.0. The zero-order chi connectivity index (χ0) is 16.2. The summed E-state index contributed by atoms with van der Waals surface area (Å²) in [7, 11) is 1.89. The van der Waals surface area contributed by atoms with Crippen molar-refractivity contribution in [1.29, 1.82) is 0 Å². The minimum absolute atomic E-state index is 0.289. The molecule has 23 heavy (non-hydrogen) atoms. The molecule has 4 rings (SSSR count). The standard InChI is InChI=1S/C16H20N4O3/c1-10-13(8-17-19(10)2)14-6-12(23-18-14)9-20-5-3-4-11-7-16(11,20)15(21)22/h6,8,11H,3-5,7,9H2,1-2H3,(H,21,22)/t11-,16+/m1/s1. The number of rotatable bonds is 4. The molecule has 0 amide bonds. The molecular weight excluding hydrogens is 296 g/mol. The average Bonchev–Trinajstić information content (AvgIpc) is 3.00. The number of aliphatic carboxylic acids is 1. The first-order valence-electron chi connectivity index (χ1n) is 7.95. The molecular formula is C16H20N4O3. The molecule has 2 aliphatic rings. The van der Waals surface area contributed by atoms with Crippen molar-refractivity contribution in [3.8, 4) is 11.3 Å². The summed E-state index contributed by atoms with van der Waals surface area (Å²) in [4.78, 5) is 13.7. The number of piperidine rings is 1. The molecule has 0 spiro atoms. The second-order valence-corrected chi connectivity index (χ2v) is 6.64. The van der Waals surface area contributed by atoms with E-state index in [1.165, 1.54) is 0 Å². The number of nitrogens with zero attached hydrogens (tertiary/aromatic N) is 4. The van der Waals surface area contributed by atoms with E-state index in [4.69, 9.17) is 4.52 Å². The van der Waals surface area contributed by atoms with Gasteiger partial charge in [-0.05, 0) is 38.6 Å². The lowest BCUT2D eigenvalue weighted by Crippen LogP contribution is -2.47. The third-order valence-corrected chi connectivity index (χ3v) is 5.40. The van der Waals surface area contributed by atoms with Gasteiger partial charge in [-0.25, -0.2) is 0 Å². The van der Waals surface area contributed by atoms with Crippen molar-refractivity contribution in [2.45, 2.75) is 38.3 Å². The van der Waals surface area contributed by atoms with Gasteiger partial charge in [0.1, 0.15) is 11.2 Å². The summed E-state index contributed by atoms with van der Waals surface area (Å²) in [5.74, 6) is 0.290. The Hall–Kier alpha value is -2.15. The van der Waals surface area contributed by atoms with E-state index in [2.05, 4.69) is 10.3 Å². The van der Waals surface area contributed by atoms with Crippen molar-refractivity contribution in [3.05, 3.63) is 23.7 Å². The van der Waals surface area contributed by atoms with Crippen LogP contribution >= 0.6 is 0 Å². The summed E-state index contributed by atoms with van der Waals surface area (Å²) in [5.41, 5.74) is 2.04. The van der Waals surface area contributed by atoms with Gasteiger partial charge in [-0.3, -0.25) is 14.4 Å². The number of carboxylic acids is 1. The Morgan fingerprint density at radius 1 is 1.57 bits per heavy atom. The maximum Gasteiger partial charge on any atom is 0.324 e. The number of aryl methyl sites for hydroxylation is 1. The van der Waals surface area contributed by atoms with E-state index < -0.39 is 11.5 Å². The number of hydrogen-bond acceptors (Lipinski definition) is 5. The van der Waals surface area contributed by atoms with Crippen LogP contribution in [0.4, 0.5) is 0 Å². The van der Waals surface area contributed by atoms with Gasteiger partial charge in [0.15, 0.2) is 5.76 Å². The van der Waals surface area contributed by atoms with Crippen molar-refractivity contribution in [2.24, 2.45) is 13.0 Å². The Labute approximate surface area is 133 Å². The van der Waals surface area contributed by atoms with E-state index in [0.717, 1.165) is 42.8 Å². The Morgan fingerprint density at radius 2 is 2.39 bits per heavy atom. The lowest BCUT2D eigenvalue weighted by Gasteiger charge is -2.32. The predicted octanol–water partition coefficient (Wildman–Crippen LogP) is 1.82. The van der Waals surface area contributed by atoms with E-state index in [1.54, 1.807) is 10.9 Å². The Kier molecular flexibility index (Phi) is 3.09. The van der Waals surface area contributed by atoms with Gasteiger partial charge in [0, 0.05) is 24.4 Å². The number of carboxylic acid groups (broad SMARTS) is 1. The molecule has 1 aliphatic heterocycles. The van der Waals surface area contributed by atoms with E-state index in [1.807, 2.05) is 24.9 Å². The van der Waals surface area contributed by atoms with E-state index >= 15 is 0 Å². The fourth-order valence-electron chi connectivity index (χ4n) is 3.84. The van der Waals surface area contributed by atoms with Crippen molar-refractivity contribution in [1.82, 2.24) is 19.8 Å². The fourth-order valence-corrected chi connectivity index (χ4v) is 3.84. The molecule has 1 N–H and O–H groups in total. The van der Waals surface area contributed by atoms with Crippen LogP contribution in [0.2, 0.25) is 0 Å². The Morgan fingerprint density at radius 3 is 3.09 bits per heavy atom. The maximum absolute atomic E-state index is 11.7. The third-order valence-electron chi connectivity index (χ3n) is 5.40.